The fourth-order valence-corrected chi connectivity index (χ4v) is 13.6. The molecule has 0 aliphatic carbocycles. The molecule has 0 aromatic carbocycles. The Morgan fingerprint density at radius 2 is 1.18 bits per heavy atom. The predicted molar refractivity (Wildman–Crippen MR) is 62.8 cm³/mol. The van der Waals surface area contributed by atoms with Crippen LogP contribution in [-0.4, -0.2) is 20.7 Å². The normalized spacial score (nSPS) is 13.7. The van der Waals surface area contributed by atoms with Gasteiger partial charge in [-0.05, 0) is 8.35 Å². The summed E-state index contributed by atoms with van der Waals surface area (Å²) in [7, 11) is -1.10. The Bertz CT molecular complexity index is 148. The molecule has 0 rings (SSSR count). The van der Waals surface area contributed by atoms with Gasteiger partial charge in [-0.15, -0.1) is 0 Å². The van der Waals surface area contributed by atoms with E-state index in [1.54, 1.807) is 4.54 Å². The van der Waals surface area contributed by atoms with Crippen molar-refractivity contribution in [2.24, 2.45) is 5.50 Å². The second-order valence-electron chi connectivity index (χ2n) is 4.98. The lowest BCUT2D eigenvalue weighted by Crippen LogP contribution is -2.48. The second kappa shape index (κ2) is 3.52. The summed E-state index contributed by atoms with van der Waals surface area (Å²) >= 11 is 0. The van der Waals surface area contributed by atoms with Crippen LogP contribution in [0.15, 0.2) is 0 Å². The van der Waals surface area contributed by atoms with Gasteiger partial charge in [0.15, 0.2) is 0 Å². The van der Waals surface area contributed by atoms with Crippen LogP contribution in [0.25, 0.3) is 0 Å². The molecule has 0 amide bonds. The molecule has 0 bridgehead atoms. The van der Waals surface area contributed by atoms with Crippen LogP contribution in [0.5, 0.6) is 0 Å². The molecule has 0 spiro atoms. The molecular formula is C7H20NPSi2. The maximum atomic E-state index is 5.75. The van der Waals surface area contributed by atoms with Crippen LogP contribution in [0, 0.1) is 0 Å². The predicted octanol–water partition coefficient (Wildman–Crippen LogP) is 2.73. The summed E-state index contributed by atoms with van der Waals surface area (Å²) in [6.45, 7) is 14.3. The van der Waals surface area contributed by atoms with Gasteiger partial charge in [0.05, 0.1) is 16.1 Å². The monoisotopic (exact) mass is 205 g/mol. The van der Waals surface area contributed by atoms with Gasteiger partial charge in [-0.25, -0.2) is 0 Å². The first-order valence-corrected chi connectivity index (χ1v) is 11.9. The van der Waals surface area contributed by atoms with Gasteiger partial charge in [0.2, 0.25) is 0 Å². The van der Waals surface area contributed by atoms with Crippen molar-refractivity contribution >= 4 is 29.0 Å². The first-order valence-electron chi connectivity index (χ1n) is 3.98. The molecule has 0 aliphatic rings. The maximum absolute atomic E-state index is 5.75. The quantitative estimate of drug-likeness (QED) is 0.544. The minimum Gasteiger partial charge on any atom is -0.285 e. The lowest BCUT2D eigenvalue weighted by atomic mass is 11.7. The summed E-state index contributed by atoms with van der Waals surface area (Å²) in [6, 6.07) is 0. The number of hydrogen-bond acceptors (Lipinski definition) is 1. The molecule has 0 aromatic rings. The summed E-state index contributed by atoms with van der Waals surface area (Å²) in [5, 5.41) is 0. The van der Waals surface area contributed by atoms with E-state index in [2.05, 4.69) is 39.3 Å². The van der Waals surface area contributed by atoms with E-state index in [9.17, 15) is 0 Å². The summed E-state index contributed by atoms with van der Waals surface area (Å²) < 4.78 is 1.69. The Kier molecular flexibility index (Phi) is 3.70. The summed E-state index contributed by atoms with van der Waals surface area (Å²) in [5.41, 5.74) is 5.75. The molecule has 0 unspecified atom stereocenters. The zero-order valence-electron chi connectivity index (χ0n) is 8.52. The first-order chi connectivity index (χ1) is 4.69. The van der Waals surface area contributed by atoms with Crippen LogP contribution in [0.2, 0.25) is 39.3 Å². The van der Waals surface area contributed by atoms with Gasteiger partial charge in [0.25, 0.3) is 0 Å². The summed E-state index contributed by atoms with van der Waals surface area (Å²) in [6.07, 6.45) is 0. The topological polar surface area (TPSA) is 26.0 Å². The molecule has 0 heterocycles. The lowest BCUT2D eigenvalue weighted by Gasteiger charge is -2.29. The Morgan fingerprint density at radius 3 is 1.18 bits per heavy atom. The van der Waals surface area contributed by atoms with Crippen LogP contribution < -0.4 is 5.50 Å². The molecule has 4 heteroatoms. The van der Waals surface area contributed by atoms with E-state index in [1.807, 2.05) is 0 Å². The highest BCUT2D eigenvalue weighted by Crippen LogP contribution is 2.18. The van der Waals surface area contributed by atoms with Crippen LogP contribution in [-0.2, 0) is 0 Å². The lowest BCUT2D eigenvalue weighted by molar-refractivity contribution is 1.79. The fourth-order valence-electron chi connectivity index (χ4n) is 1.51. The minimum atomic E-state index is -1.08. The minimum absolute atomic E-state index is 1.06. The molecule has 0 aromatic heterocycles. The third-order valence-corrected chi connectivity index (χ3v) is 13.9. The molecule has 2 N–H and O–H groups in total. The molecule has 0 saturated carbocycles. The van der Waals surface area contributed by atoms with Crippen molar-refractivity contribution in [2.75, 3.05) is 0 Å². The maximum Gasteiger partial charge on any atom is 0.0747 e. The van der Waals surface area contributed by atoms with Crippen molar-refractivity contribution < 1.29 is 0 Å². The van der Waals surface area contributed by atoms with Gasteiger partial charge in [0.1, 0.15) is 0 Å². The average Bonchev–Trinajstić information content (AvgIpc) is 1.56. The van der Waals surface area contributed by atoms with E-state index in [0.29, 0.717) is 0 Å². The number of rotatable bonds is 2. The number of hydrogen-bond donors (Lipinski definition) is 1. The largest absolute Gasteiger partial charge is 0.285 e. The van der Waals surface area contributed by atoms with E-state index in [0.717, 1.165) is 8.35 Å². The van der Waals surface area contributed by atoms with Crippen molar-refractivity contribution in [1.29, 1.82) is 0 Å². The van der Waals surface area contributed by atoms with Gasteiger partial charge >= 0.3 is 0 Å². The zero-order chi connectivity index (χ0) is 9.28. The highest BCUT2D eigenvalue weighted by atomic mass is 31.1. The highest BCUT2D eigenvalue weighted by molar-refractivity contribution is 7.61. The molecule has 0 fully saturated rings. The smallest absolute Gasteiger partial charge is 0.0747 e. The van der Waals surface area contributed by atoms with Crippen LogP contribution >= 0.6 is 8.35 Å². The highest BCUT2D eigenvalue weighted by Gasteiger charge is 2.30. The molecule has 0 atom stereocenters. The van der Waals surface area contributed by atoms with Crippen molar-refractivity contribution in [3.05, 3.63) is 0 Å². The average molecular weight is 205 g/mol. The third kappa shape index (κ3) is 3.65. The molecule has 11 heavy (non-hydrogen) atoms. The first kappa shape index (κ1) is 11.6. The van der Waals surface area contributed by atoms with Crippen molar-refractivity contribution in [2.45, 2.75) is 39.3 Å². The SMILES string of the molecule is C[Si](C)(C)C(=PN)[Si](C)(C)C. The van der Waals surface area contributed by atoms with Gasteiger partial charge in [-0.3, -0.25) is 5.50 Å². The second-order valence-corrected chi connectivity index (χ2v) is 17.0. The van der Waals surface area contributed by atoms with Crippen LogP contribution in [0.4, 0.5) is 0 Å². The number of nitrogens with two attached hydrogens (primary N) is 1. The van der Waals surface area contributed by atoms with Gasteiger partial charge < -0.3 is 0 Å². The van der Waals surface area contributed by atoms with E-state index < -0.39 is 16.1 Å². The van der Waals surface area contributed by atoms with E-state index in [-0.39, 0.29) is 0 Å². The van der Waals surface area contributed by atoms with Gasteiger partial charge in [-0.1, -0.05) is 43.8 Å². The van der Waals surface area contributed by atoms with Crippen LogP contribution in [0.3, 0.4) is 0 Å². The van der Waals surface area contributed by atoms with E-state index in [4.69, 9.17) is 5.50 Å². The zero-order valence-corrected chi connectivity index (χ0v) is 11.4. The Morgan fingerprint density at radius 1 is 0.909 bits per heavy atom. The Hall–Kier alpha value is 0.564. The fraction of sp³-hybridized carbons (Fsp3) is 0.857. The van der Waals surface area contributed by atoms with E-state index >= 15 is 0 Å². The Labute approximate surface area is 74.3 Å². The molecule has 66 valence electrons. The van der Waals surface area contributed by atoms with Crippen LogP contribution in [0.1, 0.15) is 0 Å². The van der Waals surface area contributed by atoms with Crippen molar-refractivity contribution in [1.82, 2.24) is 0 Å². The van der Waals surface area contributed by atoms with Crippen molar-refractivity contribution in [3.8, 4) is 0 Å². The molecule has 0 radical (unpaired) electrons. The van der Waals surface area contributed by atoms with E-state index in [1.165, 1.54) is 0 Å². The summed E-state index contributed by atoms with van der Waals surface area (Å²) in [5.74, 6) is 0. The molecule has 0 saturated heterocycles. The van der Waals surface area contributed by atoms with Gasteiger partial charge in [-0.2, -0.15) is 0 Å². The Balaban J connectivity index is 4.74. The third-order valence-electron chi connectivity index (χ3n) is 1.55. The molecular weight excluding hydrogens is 185 g/mol. The standard InChI is InChI=1S/C7H20NPSi2/c1-10(2,3)7(9-8)11(4,5)6/h8H2,1-6H3. The molecule has 0 aliphatic heterocycles. The summed E-state index contributed by atoms with van der Waals surface area (Å²) in [4.78, 5) is 0. The van der Waals surface area contributed by atoms with Crippen molar-refractivity contribution in [3.63, 3.8) is 0 Å². The molecule has 1 nitrogen and oxygen atoms in total. The van der Waals surface area contributed by atoms with Gasteiger partial charge in [0, 0.05) is 0 Å².